The minimum Gasteiger partial charge on any atom is -0.378 e. The lowest BCUT2D eigenvalue weighted by Crippen LogP contribution is -2.17. The van der Waals surface area contributed by atoms with Crippen LogP contribution in [-0.2, 0) is 0 Å². The van der Waals surface area contributed by atoms with Gasteiger partial charge in [0.05, 0.1) is 5.52 Å². The summed E-state index contributed by atoms with van der Waals surface area (Å²) in [5.74, 6) is 6.68. The van der Waals surface area contributed by atoms with E-state index in [1.54, 1.807) is 27.1 Å². The fourth-order valence-electron chi connectivity index (χ4n) is 2.02. The van der Waals surface area contributed by atoms with Crippen LogP contribution in [0.5, 0.6) is 0 Å². The van der Waals surface area contributed by atoms with E-state index in [0.717, 1.165) is 16.7 Å². The summed E-state index contributed by atoms with van der Waals surface area (Å²) in [4.78, 5) is 12.5. The molecule has 0 fully saturated rings. The number of aliphatic hydroxyl groups is 1. The van der Waals surface area contributed by atoms with Gasteiger partial charge in [-0.1, -0.05) is 12.8 Å². The Morgan fingerprint density at radius 1 is 1.48 bits per heavy atom. The first-order valence-electron chi connectivity index (χ1n) is 7.37. The van der Waals surface area contributed by atoms with E-state index < -0.39 is 5.60 Å². The molecule has 2 heterocycles. The van der Waals surface area contributed by atoms with Crippen LogP contribution in [0.15, 0.2) is 34.5 Å². The summed E-state index contributed by atoms with van der Waals surface area (Å²) in [6, 6.07) is 3.83. The van der Waals surface area contributed by atoms with Crippen LogP contribution in [-0.4, -0.2) is 39.1 Å². The Morgan fingerprint density at radius 2 is 2.22 bits per heavy atom. The first-order valence-corrected chi connectivity index (χ1v) is 7.37. The second-order valence-electron chi connectivity index (χ2n) is 5.59. The van der Waals surface area contributed by atoms with Crippen molar-refractivity contribution in [2.24, 2.45) is 15.7 Å². The van der Waals surface area contributed by atoms with Crippen molar-refractivity contribution in [2.45, 2.75) is 32.8 Å². The van der Waals surface area contributed by atoms with Crippen molar-refractivity contribution < 1.29 is 5.11 Å². The van der Waals surface area contributed by atoms with Crippen molar-refractivity contribution in [2.75, 3.05) is 7.05 Å². The number of aliphatic imine (C=N–C) groups is 2. The predicted molar refractivity (Wildman–Crippen MR) is 93.6 cm³/mol. The van der Waals surface area contributed by atoms with Crippen molar-refractivity contribution in [3.63, 3.8) is 0 Å². The highest BCUT2D eigenvalue weighted by Gasteiger charge is 2.09. The van der Waals surface area contributed by atoms with E-state index >= 15 is 0 Å². The van der Waals surface area contributed by atoms with Crippen LogP contribution in [0, 0.1) is 11.8 Å². The predicted octanol–water partition coefficient (Wildman–Crippen LogP) is 1.76. The Bertz CT molecular complexity index is 828. The number of pyridine rings is 1. The zero-order chi connectivity index (χ0) is 17.0. The Hall–Kier alpha value is -2.65. The van der Waals surface area contributed by atoms with E-state index in [0.29, 0.717) is 12.1 Å². The fraction of sp³-hybridized carbons (Fsp3) is 0.353. The summed E-state index contributed by atoms with van der Waals surface area (Å²) in [5.41, 5.74) is 6.18. The second-order valence-corrected chi connectivity index (χ2v) is 5.59. The van der Waals surface area contributed by atoms with Crippen molar-refractivity contribution >= 4 is 22.7 Å². The molecule has 0 aliphatic heterocycles. The van der Waals surface area contributed by atoms with Gasteiger partial charge in [-0.3, -0.25) is 4.99 Å². The normalized spacial score (nSPS) is 13.1. The molecule has 0 aliphatic carbocycles. The van der Waals surface area contributed by atoms with Gasteiger partial charge < -0.3 is 15.4 Å². The quantitative estimate of drug-likeness (QED) is 0.478. The second kappa shape index (κ2) is 6.63. The summed E-state index contributed by atoms with van der Waals surface area (Å²) in [7, 11) is 1.61. The Balaban J connectivity index is 2.54. The van der Waals surface area contributed by atoms with Gasteiger partial charge >= 0.3 is 0 Å². The molecule has 0 radical (unpaired) electrons. The molecule has 6 heteroatoms. The molecule has 0 saturated carbocycles. The zero-order valence-corrected chi connectivity index (χ0v) is 13.8. The third-order valence-electron chi connectivity index (χ3n) is 3.14. The lowest BCUT2D eigenvalue weighted by molar-refractivity contribution is 0.143. The molecule has 0 unspecified atom stereocenters. The van der Waals surface area contributed by atoms with Gasteiger partial charge in [-0.25, -0.2) is 4.98 Å². The van der Waals surface area contributed by atoms with Gasteiger partial charge in [-0.05, 0) is 31.9 Å². The molecule has 2 rings (SSSR count). The molecular weight excluding hydrogens is 290 g/mol. The standard InChI is InChI=1S/C17H21N5O/c1-5-15(21-16(18)19-4)22-9-7-12-11-20-13(10-14(12)22)6-8-17(2,3)23/h7,9-11,23H,5H2,1-4H3,(H2,18,19)/b21-15+. The smallest absolute Gasteiger partial charge is 0.216 e. The molecule has 0 spiro atoms. The topological polar surface area (TPSA) is 88.8 Å². The molecular formula is C17H21N5O. The molecule has 6 nitrogen and oxygen atoms in total. The van der Waals surface area contributed by atoms with E-state index in [2.05, 4.69) is 26.8 Å². The summed E-state index contributed by atoms with van der Waals surface area (Å²) in [6.45, 7) is 5.27. The summed E-state index contributed by atoms with van der Waals surface area (Å²) in [5, 5.41) is 10.7. The maximum Gasteiger partial charge on any atom is 0.216 e. The SMILES string of the molecule is CC/C(=N\C(N)=NC)n1ccc2cnc(C#CC(C)(C)O)cc21. The van der Waals surface area contributed by atoms with Gasteiger partial charge in [0, 0.05) is 31.2 Å². The number of hydrogen-bond donors (Lipinski definition) is 2. The van der Waals surface area contributed by atoms with Crippen molar-refractivity contribution in [3.8, 4) is 11.8 Å². The minimum absolute atomic E-state index is 0.236. The van der Waals surface area contributed by atoms with Crippen LogP contribution in [0.4, 0.5) is 0 Å². The number of nitrogens with zero attached hydrogens (tertiary/aromatic N) is 4. The lowest BCUT2D eigenvalue weighted by Gasteiger charge is -2.08. The number of rotatable bonds is 1. The monoisotopic (exact) mass is 311 g/mol. The highest BCUT2D eigenvalue weighted by Crippen LogP contribution is 2.16. The van der Waals surface area contributed by atoms with Crippen LogP contribution < -0.4 is 5.73 Å². The summed E-state index contributed by atoms with van der Waals surface area (Å²) in [6.07, 6.45) is 4.38. The van der Waals surface area contributed by atoms with E-state index in [4.69, 9.17) is 5.73 Å². The fourth-order valence-corrected chi connectivity index (χ4v) is 2.02. The molecule has 23 heavy (non-hydrogen) atoms. The minimum atomic E-state index is -1.05. The van der Waals surface area contributed by atoms with Crippen LogP contribution >= 0.6 is 0 Å². The van der Waals surface area contributed by atoms with Crippen LogP contribution in [0.25, 0.3) is 10.9 Å². The number of aromatic nitrogens is 2. The summed E-state index contributed by atoms with van der Waals surface area (Å²) >= 11 is 0. The first-order chi connectivity index (χ1) is 10.8. The Kier molecular flexibility index (Phi) is 4.82. The molecule has 0 atom stereocenters. The largest absolute Gasteiger partial charge is 0.378 e. The molecule has 0 aliphatic rings. The van der Waals surface area contributed by atoms with Gasteiger partial charge in [-0.2, -0.15) is 4.99 Å². The maximum absolute atomic E-state index is 9.71. The van der Waals surface area contributed by atoms with Gasteiger partial charge in [0.15, 0.2) is 0 Å². The Morgan fingerprint density at radius 3 is 2.83 bits per heavy atom. The zero-order valence-electron chi connectivity index (χ0n) is 13.8. The van der Waals surface area contributed by atoms with Gasteiger partial charge in [0.2, 0.25) is 5.96 Å². The molecule has 0 bridgehead atoms. The highest BCUT2D eigenvalue weighted by molar-refractivity contribution is 6.01. The van der Waals surface area contributed by atoms with Crippen LogP contribution in [0.3, 0.4) is 0 Å². The molecule has 120 valence electrons. The van der Waals surface area contributed by atoms with E-state index in [1.165, 1.54) is 0 Å². The summed E-state index contributed by atoms with van der Waals surface area (Å²) < 4.78 is 1.95. The molecule has 0 amide bonds. The van der Waals surface area contributed by atoms with Crippen LogP contribution in [0.1, 0.15) is 32.9 Å². The third kappa shape index (κ3) is 4.18. The number of hydrogen-bond acceptors (Lipinski definition) is 3. The molecule has 3 N–H and O–H groups in total. The number of fused-ring (bicyclic) bond motifs is 1. The third-order valence-corrected chi connectivity index (χ3v) is 3.14. The van der Waals surface area contributed by atoms with E-state index in [1.807, 2.05) is 29.8 Å². The van der Waals surface area contributed by atoms with Gasteiger partial charge in [-0.15, -0.1) is 0 Å². The van der Waals surface area contributed by atoms with Crippen LogP contribution in [0.2, 0.25) is 0 Å². The average molecular weight is 311 g/mol. The molecule has 2 aromatic rings. The van der Waals surface area contributed by atoms with Crippen molar-refractivity contribution in [1.29, 1.82) is 0 Å². The van der Waals surface area contributed by atoms with E-state index in [9.17, 15) is 5.11 Å². The number of guanidine groups is 1. The average Bonchev–Trinajstić information content (AvgIpc) is 2.92. The molecule has 0 aromatic carbocycles. The highest BCUT2D eigenvalue weighted by atomic mass is 16.3. The molecule has 0 saturated heterocycles. The lowest BCUT2D eigenvalue weighted by atomic mass is 10.1. The molecule has 2 aromatic heterocycles. The van der Waals surface area contributed by atoms with Crippen molar-refractivity contribution in [1.82, 2.24) is 9.55 Å². The van der Waals surface area contributed by atoms with E-state index in [-0.39, 0.29) is 5.96 Å². The number of nitrogens with two attached hydrogens (primary N) is 1. The maximum atomic E-state index is 9.71. The Labute approximate surface area is 135 Å². The van der Waals surface area contributed by atoms with Crippen molar-refractivity contribution in [3.05, 3.63) is 30.2 Å². The van der Waals surface area contributed by atoms with Gasteiger partial charge in [0.25, 0.3) is 0 Å². The first kappa shape index (κ1) is 16.7. The van der Waals surface area contributed by atoms with Gasteiger partial charge in [0.1, 0.15) is 17.1 Å².